The highest BCUT2D eigenvalue weighted by molar-refractivity contribution is 6.06. The van der Waals surface area contributed by atoms with E-state index in [1.165, 1.54) is 5.56 Å². The molecule has 3 aromatic rings. The van der Waals surface area contributed by atoms with Crippen LogP contribution in [0.5, 0.6) is 0 Å². The molecule has 2 aliphatic heterocycles. The number of aromatic amines is 1. The Hall–Kier alpha value is -3.41. The number of aryl methyl sites for hydroxylation is 1. The molecule has 2 aliphatic rings. The van der Waals surface area contributed by atoms with Gasteiger partial charge < -0.3 is 9.80 Å². The van der Waals surface area contributed by atoms with Crippen LogP contribution < -0.4 is 4.90 Å². The third kappa shape index (κ3) is 3.93. The second-order valence-corrected chi connectivity index (χ2v) is 8.81. The first-order chi connectivity index (χ1) is 15.6. The molecule has 6 heteroatoms. The number of anilines is 1. The number of rotatable bonds is 4. The zero-order valence-corrected chi connectivity index (χ0v) is 18.4. The fourth-order valence-corrected chi connectivity index (χ4v) is 4.96. The third-order valence-electron chi connectivity index (χ3n) is 6.57. The summed E-state index contributed by atoms with van der Waals surface area (Å²) < 4.78 is 0. The highest BCUT2D eigenvalue weighted by Crippen LogP contribution is 2.32. The van der Waals surface area contributed by atoms with Crippen molar-refractivity contribution in [3.63, 3.8) is 0 Å². The van der Waals surface area contributed by atoms with Crippen molar-refractivity contribution in [2.75, 3.05) is 18.0 Å². The molecule has 0 bridgehead atoms. The lowest BCUT2D eigenvalue weighted by Gasteiger charge is -2.35. The summed E-state index contributed by atoms with van der Waals surface area (Å²) in [7, 11) is 0. The highest BCUT2D eigenvalue weighted by Gasteiger charge is 2.31. The van der Waals surface area contributed by atoms with E-state index in [2.05, 4.69) is 22.3 Å². The number of piperidine rings is 1. The summed E-state index contributed by atoms with van der Waals surface area (Å²) in [6.45, 7) is 3.45. The zero-order valence-electron chi connectivity index (χ0n) is 18.4. The number of carbonyl (C=O) groups excluding carboxylic acids is 2. The fourth-order valence-electron chi connectivity index (χ4n) is 4.96. The first-order valence-electron chi connectivity index (χ1n) is 11.4. The van der Waals surface area contributed by atoms with Crippen LogP contribution in [0.25, 0.3) is 0 Å². The number of hydrogen-bond donors (Lipinski definition) is 1. The van der Waals surface area contributed by atoms with Gasteiger partial charge in [-0.2, -0.15) is 5.10 Å². The number of likely N-dealkylation sites (tertiary alicyclic amines) is 1. The van der Waals surface area contributed by atoms with Crippen LogP contribution in [0, 0.1) is 6.92 Å². The average molecular weight is 429 g/mol. The van der Waals surface area contributed by atoms with Crippen molar-refractivity contribution in [2.24, 2.45) is 0 Å². The first-order valence-corrected chi connectivity index (χ1v) is 11.4. The average Bonchev–Trinajstić information content (AvgIpc) is 3.46. The van der Waals surface area contributed by atoms with E-state index in [0.717, 1.165) is 54.7 Å². The molecule has 1 fully saturated rings. The lowest BCUT2D eigenvalue weighted by molar-refractivity contribution is -0.134. The van der Waals surface area contributed by atoms with E-state index in [4.69, 9.17) is 0 Å². The molecular weight excluding hydrogens is 400 g/mol. The first kappa shape index (κ1) is 20.5. The summed E-state index contributed by atoms with van der Waals surface area (Å²) in [4.78, 5) is 30.1. The van der Waals surface area contributed by atoms with Crippen molar-refractivity contribution in [2.45, 2.75) is 45.1 Å². The monoisotopic (exact) mass is 428 g/mol. The number of nitrogens with zero attached hydrogens (tertiary/aromatic N) is 3. The van der Waals surface area contributed by atoms with Crippen LogP contribution >= 0.6 is 0 Å². The van der Waals surface area contributed by atoms with E-state index in [0.29, 0.717) is 18.7 Å². The molecule has 3 heterocycles. The highest BCUT2D eigenvalue weighted by atomic mass is 16.2. The number of benzene rings is 2. The van der Waals surface area contributed by atoms with Crippen LogP contribution in [-0.2, 0) is 17.6 Å². The second kappa shape index (κ2) is 8.61. The molecular formula is C26H28N4O2. The van der Waals surface area contributed by atoms with Gasteiger partial charge in [0.15, 0.2) is 5.69 Å². The second-order valence-electron chi connectivity index (χ2n) is 8.81. The van der Waals surface area contributed by atoms with Gasteiger partial charge in [0.05, 0.1) is 18.2 Å². The zero-order chi connectivity index (χ0) is 22.1. The predicted molar refractivity (Wildman–Crippen MR) is 124 cm³/mol. The molecule has 0 aliphatic carbocycles. The van der Waals surface area contributed by atoms with Crippen LogP contribution in [0.2, 0.25) is 0 Å². The van der Waals surface area contributed by atoms with Crippen LogP contribution in [-0.4, -0.2) is 40.0 Å². The number of hydrogen-bond acceptors (Lipinski definition) is 3. The van der Waals surface area contributed by atoms with E-state index in [1.54, 1.807) is 4.90 Å². The van der Waals surface area contributed by atoms with Gasteiger partial charge in [-0.1, -0.05) is 48.0 Å². The number of carbonyl (C=O) groups is 2. The lowest BCUT2D eigenvalue weighted by Crippen LogP contribution is -2.39. The maximum atomic E-state index is 13.2. The molecule has 1 saturated heterocycles. The molecule has 1 unspecified atom stereocenters. The standard InChI is InChI=1S/C26H28N4O2/c1-18-7-6-8-19(15-18)16-25(31)29-13-5-4-11-24(29)21-17-22(28-27-21)26(32)30-14-12-20-9-2-3-10-23(20)30/h2-3,6-10,15,17,24H,4-5,11-14,16H2,1H3,(H,27,28). The number of aromatic nitrogens is 2. The van der Waals surface area contributed by atoms with Gasteiger partial charge in [0.1, 0.15) is 0 Å². The summed E-state index contributed by atoms with van der Waals surface area (Å²) in [6.07, 6.45) is 4.19. The summed E-state index contributed by atoms with van der Waals surface area (Å²) in [5, 5.41) is 7.41. The molecule has 0 saturated carbocycles. The van der Waals surface area contributed by atoms with Gasteiger partial charge in [-0.25, -0.2) is 0 Å². The van der Waals surface area contributed by atoms with E-state index in [9.17, 15) is 9.59 Å². The minimum Gasteiger partial charge on any atom is -0.334 e. The van der Waals surface area contributed by atoms with Gasteiger partial charge >= 0.3 is 0 Å². The molecule has 2 aromatic carbocycles. The molecule has 6 nitrogen and oxygen atoms in total. The number of para-hydroxylation sites is 1. The van der Waals surface area contributed by atoms with E-state index in [1.807, 2.05) is 54.3 Å². The van der Waals surface area contributed by atoms with Gasteiger partial charge in [0.25, 0.3) is 5.91 Å². The Morgan fingerprint density at radius 1 is 1.06 bits per heavy atom. The van der Waals surface area contributed by atoms with Crippen LogP contribution in [0.1, 0.15) is 58.2 Å². The molecule has 2 amide bonds. The summed E-state index contributed by atoms with van der Waals surface area (Å²) >= 11 is 0. The van der Waals surface area contributed by atoms with E-state index in [-0.39, 0.29) is 17.9 Å². The molecule has 1 N–H and O–H groups in total. The van der Waals surface area contributed by atoms with Crippen molar-refractivity contribution in [1.82, 2.24) is 15.1 Å². The Balaban J connectivity index is 1.34. The molecule has 32 heavy (non-hydrogen) atoms. The Morgan fingerprint density at radius 2 is 1.94 bits per heavy atom. The van der Waals surface area contributed by atoms with Crippen LogP contribution in [0.15, 0.2) is 54.6 Å². The van der Waals surface area contributed by atoms with Gasteiger partial charge in [0.2, 0.25) is 5.91 Å². The van der Waals surface area contributed by atoms with Gasteiger partial charge in [-0.05, 0) is 55.9 Å². The topological polar surface area (TPSA) is 69.3 Å². The summed E-state index contributed by atoms with van der Waals surface area (Å²) in [6, 6.07) is 17.9. The molecule has 164 valence electrons. The normalized spacial score (nSPS) is 18.0. The molecule has 0 radical (unpaired) electrons. The van der Waals surface area contributed by atoms with Gasteiger partial charge in [-0.3, -0.25) is 14.7 Å². The molecule has 0 spiro atoms. The van der Waals surface area contributed by atoms with Crippen LogP contribution in [0.3, 0.4) is 0 Å². The maximum Gasteiger partial charge on any atom is 0.278 e. The van der Waals surface area contributed by atoms with Crippen molar-refractivity contribution in [3.05, 3.63) is 82.7 Å². The third-order valence-corrected chi connectivity index (χ3v) is 6.57. The maximum absolute atomic E-state index is 13.2. The van der Waals surface area contributed by atoms with Crippen molar-refractivity contribution < 1.29 is 9.59 Å². The minimum absolute atomic E-state index is 0.0685. The SMILES string of the molecule is Cc1cccc(CC(=O)N2CCCCC2c2cc(C(=O)N3CCc4ccccc43)n[nH]2)c1. The number of H-pyrrole nitrogens is 1. The number of nitrogens with one attached hydrogen (secondary N) is 1. The Bertz CT molecular complexity index is 1150. The molecule has 1 aromatic heterocycles. The van der Waals surface area contributed by atoms with Gasteiger partial charge in [0, 0.05) is 18.8 Å². The van der Waals surface area contributed by atoms with Gasteiger partial charge in [-0.15, -0.1) is 0 Å². The molecule has 5 rings (SSSR count). The van der Waals surface area contributed by atoms with Crippen molar-refractivity contribution >= 4 is 17.5 Å². The number of amides is 2. The van der Waals surface area contributed by atoms with Crippen molar-refractivity contribution in [1.29, 1.82) is 0 Å². The Labute approximate surface area is 188 Å². The quantitative estimate of drug-likeness (QED) is 0.677. The van der Waals surface area contributed by atoms with Crippen molar-refractivity contribution in [3.8, 4) is 0 Å². The Morgan fingerprint density at radius 3 is 2.81 bits per heavy atom. The van der Waals surface area contributed by atoms with E-state index < -0.39 is 0 Å². The fraction of sp³-hybridized carbons (Fsp3) is 0.346. The Kier molecular flexibility index (Phi) is 5.52. The minimum atomic E-state index is -0.0918. The predicted octanol–water partition coefficient (Wildman–Crippen LogP) is 4.22. The van der Waals surface area contributed by atoms with E-state index >= 15 is 0 Å². The lowest BCUT2D eigenvalue weighted by atomic mass is 9.97. The van der Waals surface area contributed by atoms with Crippen LogP contribution in [0.4, 0.5) is 5.69 Å². The molecule has 1 atom stereocenters. The summed E-state index contributed by atoms with van der Waals surface area (Å²) in [5.74, 6) is 0.0298. The number of fused-ring (bicyclic) bond motifs is 1. The smallest absolute Gasteiger partial charge is 0.278 e. The summed E-state index contributed by atoms with van der Waals surface area (Å²) in [5.41, 5.74) is 5.61. The largest absolute Gasteiger partial charge is 0.334 e.